The van der Waals surface area contributed by atoms with Crippen LogP contribution in [0.4, 0.5) is 27.6 Å². The molecule has 0 saturated carbocycles. The second-order valence-corrected chi connectivity index (χ2v) is 10.3. The number of anilines is 1. The smallest absolute Gasteiger partial charge is 0.361 e. The van der Waals surface area contributed by atoms with Crippen LogP contribution in [0.25, 0.3) is 6.08 Å². The molecule has 0 saturated heterocycles. The Bertz CT molecular complexity index is 1420. The molecule has 0 fully saturated rings. The first-order valence-electron chi connectivity index (χ1n) is 11.4. The predicted octanol–water partition coefficient (Wildman–Crippen LogP) is 5.67. The molecule has 0 radical (unpaired) electrons. The summed E-state index contributed by atoms with van der Waals surface area (Å²) in [5.41, 5.74) is -0.147. The highest BCUT2D eigenvalue weighted by atomic mass is 32.2. The number of aryl methyl sites for hydroxylation is 1. The van der Waals surface area contributed by atoms with Crippen molar-refractivity contribution in [1.82, 2.24) is 10.3 Å². The van der Waals surface area contributed by atoms with Gasteiger partial charge in [-0.15, -0.1) is 0 Å². The molecule has 1 amide bonds. The lowest BCUT2D eigenvalue weighted by Crippen LogP contribution is -2.32. The fourth-order valence-corrected chi connectivity index (χ4v) is 4.45. The zero-order chi connectivity index (χ0) is 28.1. The fraction of sp³-hybridized carbons (Fsp3) is 0.231. The third-order valence-corrected chi connectivity index (χ3v) is 6.43. The van der Waals surface area contributed by atoms with Crippen LogP contribution in [0.2, 0.25) is 0 Å². The minimum absolute atomic E-state index is 0.136. The van der Waals surface area contributed by atoms with Gasteiger partial charge in [0.1, 0.15) is 28.4 Å². The van der Waals surface area contributed by atoms with Crippen LogP contribution >= 0.6 is 0 Å². The summed E-state index contributed by atoms with van der Waals surface area (Å²) in [5, 5.41) is 5.38. The Morgan fingerprint density at radius 1 is 1.05 bits per heavy atom. The van der Waals surface area contributed by atoms with Gasteiger partial charge in [-0.1, -0.05) is 49.7 Å². The largest absolute Gasteiger partial charge is 0.433 e. The normalized spacial score (nSPS) is 12.9. The van der Waals surface area contributed by atoms with Gasteiger partial charge in [0.15, 0.2) is 9.84 Å². The predicted molar refractivity (Wildman–Crippen MR) is 133 cm³/mol. The van der Waals surface area contributed by atoms with Gasteiger partial charge in [-0.3, -0.25) is 4.79 Å². The number of hydrogen-bond acceptors (Lipinski definition) is 5. The molecule has 0 aliphatic rings. The zero-order valence-corrected chi connectivity index (χ0v) is 21.1. The molecule has 12 heteroatoms. The van der Waals surface area contributed by atoms with E-state index in [0.29, 0.717) is 23.8 Å². The third-order valence-electron chi connectivity index (χ3n) is 5.30. The second-order valence-electron chi connectivity index (χ2n) is 8.35. The van der Waals surface area contributed by atoms with E-state index in [1.807, 2.05) is 0 Å². The molecular formula is C26H24F5N3O3S. The van der Waals surface area contributed by atoms with E-state index in [-0.39, 0.29) is 17.8 Å². The second kappa shape index (κ2) is 11.7. The quantitative estimate of drug-likeness (QED) is 0.202. The lowest BCUT2D eigenvalue weighted by molar-refractivity contribution is -0.141. The van der Waals surface area contributed by atoms with E-state index in [2.05, 4.69) is 15.6 Å². The van der Waals surface area contributed by atoms with E-state index in [4.69, 9.17) is 0 Å². The van der Waals surface area contributed by atoms with Gasteiger partial charge in [0, 0.05) is 23.7 Å². The summed E-state index contributed by atoms with van der Waals surface area (Å²) in [6, 6.07) is 12.0. The Labute approximate surface area is 216 Å². The number of halogens is 5. The Morgan fingerprint density at radius 3 is 2.24 bits per heavy atom. The summed E-state index contributed by atoms with van der Waals surface area (Å²) in [7, 11) is -4.16. The molecule has 6 nitrogen and oxygen atoms in total. The van der Waals surface area contributed by atoms with Crippen molar-refractivity contribution in [1.29, 1.82) is 0 Å². The van der Waals surface area contributed by atoms with E-state index in [1.165, 1.54) is 12.1 Å². The molecule has 0 spiro atoms. The molecule has 38 heavy (non-hydrogen) atoms. The van der Waals surface area contributed by atoms with Crippen LogP contribution in [-0.4, -0.2) is 25.6 Å². The van der Waals surface area contributed by atoms with Gasteiger partial charge >= 0.3 is 6.18 Å². The molecule has 3 rings (SSSR count). The van der Waals surface area contributed by atoms with E-state index < -0.39 is 50.3 Å². The van der Waals surface area contributed by atoms with Crippen LogP contribution in [-0.2, 0) is 27.2 Å². The molecule has 2 aromatic carbocycles. The van der Waals surface area contributed by atoms with Crippen molar-refractivity contribution in [3.8, 4) is 0 Å². The summed E-state index contributed by atoms with van der Waals surface area (Å²) in [6.07, 6.45) is -1.69. The minimum Gasteiger partial charge on any atom is -0.361 e. The molecular weight excluding hydrogens is 529 g/mol. The summed E-state index contributed by atoms with van der Waals surface area (Å²) >= 11 is 0. The van der Waals surface area contributed by atoms with Crippen LogP contribution in [0, 0.1) is 11.6 Å². The highest BCUT2D eigenvalue weighted by Crippen LogP contribution is 2.29. The molecule has 0 aliphatic carbocycles. The maximum Gasteiger partial charge on any atom is 0.433 e. The number of rotatable bonds is 9. The highest BCUT2D eigenvalue weighted by molar-refractivity contribution is 7.90. The van der Waals surface area contributed by atoms with E-state index >= 15 is 0 Å². The summed E-state index contributed by atoms with van der Waals surface area (Å²) < 4.78 is 91.3. The number of benzene rings is 2. The van der Waals surface area contributed by atoms with Crippen LogP contribution in [0.5, 0.6) is 0 Å². The average Bonchev–Trinajstić information content (AvgIpc) is 2.81. The molecule has 0 aliphatic heterocycles. The Kier molecular flexibility index (Phi) is 8.87. The van der Waals surface area contributed by atoms with Crippen molar-refractivity contribution >= 4 is 27.5 Å². The van der Waals surface area contributed by atoms with Gasteiger partial charge in [-0.25, -0.2) is 22.2 Å². The molecule has 202 valence electrons. The maximum atomic E-state index is 14.4. The first-order chi connectivity index (χ1) is 17.8. The standard InChI is InChI=1S/C26H24F5N3O3S/c1-3-7-21-16(10-12-22(33-21)26(29,30)31)11-13-23(35)34-25(17-8-5-4-6-9-17)32-18-14-19(27)24(20(28)15-18)38(2,36)37/h4-6,8-15,25,32H,3,7H2,1-2H3,(H,34,35). The fourth-order valence-electron chi connectivity index (χ4n) is 3.63. The zero-order valence-electron chi connectivity index (χ0n) is 20.3. The minimum atomic E-state index is -4.60. The van der Waals surface area contributed by atoms with E-state index in [9.17, 15) is 35.2 Å². The average molecular weight is 554 g/mol. The van der Waals surface area contributed by atoms with Crippen molar-refractivity contribution in [2.24, 2.45) is 0 Å². The Hall–Kier alpha value is -3.80. The Balaban J connectivity index is 1.87. The number of nitrogens with zero attached hydrogens (tertiary/aromatic N) is 1. The monoisotopic (exact) mass is 553 g/mol. The van der Waals surface area contributed by atoms with Crippen LogP contribution < -0.4 is 10.6 Å². The lowest BCUT2D eigenvalue weighted by Gasteiger charge is -2.21. The molecule has 0 bridgehead atoms. The van der Waals surface area contributed by atoms with Crippen molar-refractivity contribution in [2.75, 3.05) is 11.6 Å². The number of aromatic nitrogens is 1. The van der Waals surface area contributed by atoms with Crippen LogP contribution in [0.3, 0.4) is 0 Å². The lowest BCUT2D eigenvalue weighted by atomic mass is 10.1. The summed E-state index contributed by atoms with van der Waals surface area (Å²) in [5.74, 6) is -3.26. The number of sulfone groups is 1. The Morgan fingerprint density at radius 2 is 1.68 bits per heavy atom. The van der Waals surface area contributed by atoms with Crippen LogP contribution in [0.15, 0.2) is 65.6 Å². The molecule has 2 N–H and O–H groups in total. The van der Waals surface area contributed by atoms with Gasteiger partial charge in [0.2, 0.25) is 5.91 Å². The number of amides is 1. The van der Waals surface area contributed by atoms with E-state index in [0.717, 1.165) is 24.3 Å². The maximum absolute atomic E-state index is 14.4. The van der Waals surface area contributed by atoms with Crippen molar-refractivity contribution < 1.29 is 35.2 Å². The molecule has 3 aromatic rings. The SMILES string of the molecule is CCCc1nc(C(F)(F)F)ccc1C=CC(=O)NC(Nc1cc(F)c(S(C)(=O)=O)c(F)c1)c1ccccc1. The number of hydrogen-bond donors (Lipinski definition) is 2. The van der Waals surface area contributed by atoms with Gasteiger partial charge in [0.25, 0.3) is 0 Å². The van der Waals surface area contributed by atoms with Gasteiger partial charge < -0.3 is 10.6 Å². The van der Waals surface area contributed by atoms with Crippen molar-refractivity contribution in [2.45, 2.75) is 37.0 Å². The summed E-state index contributed by atoms with van der Waals surface area (Å²) in [4.78, 5) is 15.4. The number of alkyl halides is 3. The number of carbonyl (C=O) groups is 1. The number of pyridine rings is 1. The number of nitrogens with one attached hydrogen (secondary N) is 2. The van der Waals surface area contributed by atoms with Gasteiger partial charge in [0.05, 0.1) is 0 Å². The summed E-state index contributed by atoms with van der Waals surface area (Å²) in [6.45, 7) is 1.78. The van der Waals surface area contributed by atoms with E-state index in [1.54, 1.807) is 37.3 Å². The van der Waals surface area contributed by atoms with Gasteiger partial charge in [-0.2, -0.15) is 13.2 Å². The third kappa shape index (κ3) is 7.37. The van der Waals surface area contributed by atoms with Crippen LogP contribution in [0.1, 0.15) is 42.0 Å². The first kappa shape index (κ1) is 28.8. The topological polar surface area (TPSA) is 88.2 Å². The molecule has 1 heterocycles. The highest BCUT2D eigenvalue weighted by Gasteiger charge is 2.32. The molecule has 1 aromatic heterocycles. The van der Waals surface area contributed by atoms with Crippen molar-refractivity contribution in [3.05, 3.63) is 94.8 Å². The van der Waals surface area contributed by atoms with Gasteiger partial charge in [-0.05, 0) is 41.8 Å². The first-order valence-corrected chi connectivity index (χ1v) is 13.2. The number of carbonyl (C=O) groups excluding carboxylic acids is 1. The molecule has 1 atom stereocenters. The van der Waals surface area contributed by atoms with Crippen molar-refractivity contribution in [3.63, 3.8) is 0 Å². The molecule has 1 unspecified atom stereocenters.